The summed E-state index contributed by atoms with van der Waals surface area (Å²) in [5.74, 6) is -1.03. The third kappa shape index (κ3) is 4.82. The fraction of sp³-hybridized carbons (Fsp3) is 0.417. The number of nitrogens with one attached hydrogen (secondary N) is 2. The Morgan fingerprint density at radius 2 is 2.06 bits per heavy atom. The van der Waals surface area contributed by atoms with Crippen LogP contribution in [0.4, 0.5) is 4.79 Å². The first-order valence-electron chi connectivity index (χ1n) is 5.79. The van der Waals surface area contributed by atoms with Crippen molar-refractivity contribution in [2.24, 2.45) is 0 Å². The number of amides is 2. The predicted molar refractivity (Wildman–Crippen MR) is 66.2 cm³/mol. The molecule has 0 bridgehead atoms. The first-order chi connectivity index (χ1) is 8.63. The van der Waals surface area contributed by atoms with Crippen molar-refractivity contribution in [3.8, 4) is 0 Å². The molecule has 1 aromatic heterocycles. The second kappa shape index (κ2) is 7.26. The van der Waals surface area contributed by atoms with Crippen molar-refractivity contribution in [1.29, 1.82) is 0 Å². The van der Waals surface area contributed by atoms with E-state index in [1.165, 1.54) is 0 Å². The summed E-state index contributed by atoms with van der Waals surface area (Å²) in [6.45, 7) is 2.15. The minimum absolute atomic E-state index is 0.354. The van der Waals surface area contributed by atoms with Crippen LogP contribution in [-0.4, -0.2) is 34.7 Å². The summed E-state index contributed by atoms with van der Waals surface area (Å²) < 4.78 is 0. The lowest BCUT2D eigenvalue weighted by atomic mass is 10.2. The van der Waals surface area contributed by atoms with Gasteiger partial charge in [0.05, 0.1) is 0 Å². The van der Waals surface area contributed by atoms with E-state index in [1.807, 2.05) is 12.1 Å². The van der Waals surface area contributed by atoms with Gasteiger partial charge in [-0.2, -0.15) is 0 Å². The molecule has 0 aromatic carbocycles. The third-order valence-electron chi connectivity index (χ3n) is 2.46. The molecule has 0 aliphatic rings. The molecule has 18 heavy (non-hydrogen) atoms. The Morgan fingerprint density at radius 3 is 2.61 bits per heavy atom. The van der Waals surface area contributed by atoms with Gasteiger partial charge in [-0.15, -0.1) is 0 Å². The van der Waals surface area contributed by atoms with Crippen LogP contribution in [0.2, 0.25) is 0 Å². The van der Waals surface area contributed by atoms with Gasteiger partial charge in [-0.3, -0.25) is 4.98 Å². The Kier molecular flexibility index (Phi) is 5.63. The number of carboxylic acid groups (broad SMARTS) is 1. The number of carbonyl (C=O) groups excluding carboxylic acids is 1. The Morgan fingerprint density at radius 1 is 1.39 bits per heavy atom. The smallest absolute Gasteiger partial charge is 0.326 e. The highest BCUT2D eigenvalue weighted by atomic mass is 16.4. The van der Waals surface area contributed by atoms with E-state index < -0.39 is 18.0 Å². The van der Waals surface area contributed by atoms with E-state index in [0.29, 0.717) is 19.4 Å². The van der Waals surface area contributed by atoms with Crippen LogP contribution >= 0.6 is 0 Å². The van der Waals surface area contributed by atoms with E-state index in [9.17, 15) is 9.59 Å². The number of carbonyl (C=O) groups is 2. The quantitative estimate of drug-likeness (QED) is 0.697. The largest absolute Gasteiger partial charge is 0.480 e. The second-order valence-corrected chi connectivity index (χ2v) is 3.80. The van der Waals surface area contributed by atoms with Crippen LogP contribution in [0.3, 0.4) is 0 Å². The van der Waals surface area contributed by atoms with Gasteiger partial charge in [0.25, 0.3) is 0 Å². The predicted octanol–water partition coefficient (Wildman–Crippen LogP) is 0.786. The Balaban J connectivity index is 2.27. The molecule has 1 heterocycles. The molecule has 0 fully saturated rings. The van der Waals surface area contributed by atoms with Gasteiger partial charge in [-0.1, -0.05) is 6.92 Å². The standard InChI is InChI=1S/C12H17N3O3/c1-2-10(11(16)17)15-12(18)14-8-5-9-3-6-13-7-4-9/h3-4,6-7,10H,2,5,8H2,1H3,(H,16,17)(H2,14,15,18)/t10-/m0/s1. The van der Waals surface area contributed by atoms with Crippen LogP contribution in [-0.2, 0) is 11.2 Å². The Labute approximate surface area is 105 Å². The van der Waals surface area contributed by atoms with Crippen LogP contribution in [0.5, 0.6) is 0 Å². The van der Waals surface area contributed by atoms with Crippen molar-refractivity contribution in [2.45, 2.75) is 25.8 Å². The van der Waals surface area contributed by atoms with E-state index >= 15 is 0 Å². The summed E-state index contributed by atoms with van der Waals surface area (Å²) >= 11 is 0. The molecule has 98 valence electrons. The Bertz CT molecular complexity index is 395. The minimum Gasteiger partial charge on any atom is -0.480 e. The number of hydrogen-bond donors (Lipinski definition) is 3. The molecule has 1 rings (SSSR count). The number of urea groups is 1. The lowest BCUT2D eigenvalue weighted by Gasteiger charge is -2.13. The highest BCUT2D eigenvalue weighted by molar-refractivity contribution is 5.82. The first-order valence-corrected chi connectivity index (χ1v) is 5.79. The highest BCUT2D eigenvalue weighted by Crippen LogP contribution is 1.96. The van der Waals surface area contributed by atoms with Crippen molar-refractivity contribution in [3.05, 3.63) is 30.1 Å². The maximum absolute atomic E-state index is 11.4. The lowest BCUT2D eigenvalue weighted by Crippen LogP contribution is -2.46. The summed E-state index contributed by atoms with van der Waals surface area (Å²) in [7, 11) is 0. The molecule has 0 unspecified atom stereocenters. The SMILES string of the molecule is CC[C@H](NC(=O)NCCc1ccncc1)C(=O)O. The normalized spacial score (nSPS) is 11.6. The summed E-state index contributed by atoms with van der Waals surface area (Å²) in [4.78, 5) is 26.0. The number of rotatable bonds is 6. The molecule has 0 aliphatic carbocycles. The average molecular weight is 251 g/mol. The molecule has 2 amide bonds. The molecule has 1 aromatic rings. The zero-order chi connectivity index (χ0) is 13.4. The van der Waals surface area contributed by atoms with Gasteiger partial charge < -0.3 is 15.7 Å². The third-order valence-corrected chi connectivity index (χ3v) is 2.46. The van der Waals surface area contributed by atoms with Gasteiger partial charge in [0.1, 0.15) is 6.04 Å². The monoisotopic (exact) mass is 251 g/mol. The molecule has 0 radical (unpaired) electrons. The van der Waals surface area contributed by atoms with Crippen LogP contribution in [0.1, 0.15) is 18.9 Å². The van der Waals surface area contributed by atoms with Gasteiger partial charge in [0.15, 0.2) is 0 Å². The van der Waals surface area contributed by atoms with Crippen LogP contribution in [0.15, 0.2) is 24.5 Å². The van der Waals surface area contributed by atoms with Crippen molar-refractivity contribution in [2.75, 3.05) is 6.54 Å². The van der Waals surface area contributed by atoms with Gasteiger partial charge in [0.2, 0.25) is 0 Å². The minimum atomic E-state index is -1.03. The van der Waals surface area contributed by atoms with Crippen molar-refractivity contribution in [1.82, 2.24) is 15.6 Å². The van der Waals surface area contributed by atoms with E-state index in [4.69, 9.17) is 5.11 Å². The number of hydrogen-bond acceptors (Lipinski definition) is 3. The van der Waals surface area contributed by atoms with Crippen molar-refractivity contribution in [3.63, 3.8) is 0 Å². The topological polar surface area (TPSA) is 91.3 Å². The van der Waals surface area contributed by atoms with E-state index in [0.717, 1.165) is 5.56 Å². The second-order valence-electron chi connectivity index (χ2n) is 3.80. The van der Waals surface area contributed by atoms with Crippen LogP contribution < -0.4 is 10.6 Å². The van der Waals surface area contributed by atoms with E-state index in [-0.39, 0.29) is 0 Å². The number of aromatic nitrogens is 1. The lowest BCUT2D eigenvalue weighted by molar-refractivity contribution is -0.139. The molecule has 0 saturated heterocycles. The molecule has 0 aliphatic heterocycles. The highest BCUT2D eigenvalue weighted by Gasteiger charge is 2.16. The van der Waals surface area contributed by atoms with Gasteiger partial charge in [-0.05, 0) is 30.5 Å². The van der Waals surface area contributed by atoms with Crippen LogP contribution in [0, 0.1) is 0 Å². The maximum Gasteiger partial charge on any atom is 0.326 e. The molecule has 6 nitrogen and oxygen atoms in total. The van der Waals surface area contributed by atoms with Gasteiger partial charge in [0, 0.05) is 18.9 Å². The summed E-state index contributed by atoms with van der Waals surface area (Å²) in [6.07, 6.45) is 4.41. The summed E-state index contributed by atoms with van der Waals surface area (Å²) in [5.41, 5.74) is 1.07. The molecular weight excluding hydrogens is 234 g/mol. The van der Waals surface area contributed by atoms with Crippen LogP contribution in [0.25, 0.3) is 0 Å². The first kappa shape index (κ1) is 14.0. The van der Waals surface area contributed by atoms with Crippen molar-refractivity contribution >= 4 is 12.0 Å². The number of nitrogens with zero attached hydrogens (tertiary/aromatic N) is 1. The molecule has 0 saturated carbocycles. The number of aliphatic carboxylic acids is 1. The summed E-state index contributed by atoms with van der Waals surface area (Å²) in [5, 5.41) is 13.8. The Hall–Kier alpha value is -2.11. The molecule has 0 spiro atoms. The molecule has 6 heteroatoms. The number of carboxylic acids is 1. The zero-order valence-electron chi connectivity index (χ0n) is 10.2. The summed E-state index contributed by atoms with van der Waals surface area (Å²) in [6, 6.07) is 2.43. The fourth-order valence-corrected chi connectivity index (χ4v) is 1.42. The van der Waals surface area contributed by atoms with Gasteiger partial charge >= 0.3 is 12.0 Å². The van der Waals surface area contributed by atoms with E-state index in [1.54, 1.807) is 19.3 Å². The fourth-order valence-electron chi connectivity index (χ4n) is 1.42. The zero-order valence-corrected chi connectivity index (χ0v) is 10.2. The maximum atomic E-state index is 11.4. The van der Waals surface area contributed by atoms with Crippen molar-refractivity contribution < 1.29 is 14.7 Å². The molecule has 1 atom stereocenters. The average Bonchev–Trinajstić information content (AvgIpc) is 2.37. The molecule has 3 N–H and O–H groups in total. The van der Waals surface area contributed by atoms with Gasteiger partial charge in [-0.25, -0.2) is 9.59 Å². The number of pyridine rings is 1. The molecular formula is C12H17N3O3. The van der Waals surface area contributed by atoms with E-state index in [2.05, 4.69) is 15.6 Å².